The van der Waals surface area contributed by atoms with Gasteiger partial charge in [-0.05, 0) is 38.1 Å². The zero-order valence-corrected chi connectivity index (χ0v) is 20.0. The normalized spacial score (nSPS) is 14.8. The summed E-state index contributed by atoms with van der Waals surface area (Å²) in [6.45, 7) is 5.19. The number of primary amides is 1. The molecule has 2 heterocycles. The zero-order valence-electron chi connectivity index (χ0n) is 19.2. The van der Waals surface area contributed by atoms with Crippen LogP contribution in [0.15, 0.2) is 41.3 Å². The van der Waals surface area contributed by atoms with Crippen molar-refractivity contribution >= 4 is 15.7 Å². The highest BCUT2D eigenvalue weighted by Crippen LogP contribution is 2.38. The summed E-state index contributed by atoms with van der Waals surface area (Å²) in [4.78, 5) is 13.8. The smallest absolute Gasteiger partial charge is 0.287 e. The van der Waals surface area contributed by atoms with Gasteiger partial charge < -0.3 is 20.7 Å². The Morgan fingerprint density at radius 1 is 1.09 bits per heavy atom. The summed E-state index contributed by atoms with van der Waals surface area (Å²) in [7, 11) is -3.90. The van der Waals surface area contributed by atoms with E-state index in [0.717, 1.165) is 30.8 Å². The number of nitrogens with two attached hydrogens (primary N) is 1. The van der Waals surface area contributed by atoms with Crippen molar-refractivity contribution in [1.29, 1.82) is 0 Å². The molecular formula is C23H27N5O6S. The van der Waals surface area contributed by atoms with Crippen molar-refractivity contribution in [1.82, 2.24) is 19.7 Å². The number of aromatic hydroxyl groups is 2. The van der Waals surface area contributed by atoms with Gasteiger partial charge in [0, 0.05) is 24.8 Å². The molecule has 1 aliphatic heterocycles. The Bertz CT molecular complexity index is 1330. The Hall–Kier alpha value is -3.48. The first kappa shape index (κ1) is 24.6. The van der Waals surface area contributed by atoms with Crippen LogP contribution in [0.25, 0.3) is 17.1 Å². The van der Waals surface area contributed by atoms with Gasteiger partial charge >= 0.3 is 0 Å². The van der Waals surface area contributed by atoms with Crippen molar-refractivity contribution in [2.45, 2.75) is 18.2 Å². The van der Waals surface area contributed by atoms with Crippen LogP contribution in [-0.4, -0.2) is 82.8 Å². The highest BCUT2D eigenvalue weighted by molar-refractivity contribution is 7.91. The van der Waals surface area contributed by atoms with E-state index in [-0.39, 0.29) is 27.9 Å². The molecule has 1 saturated heterocycles. The molecular weight excluding hydrogens is 474 g/mol. The molecule has 3 aromatic rings. The van der Waals surface area contributed by atoms with Gasteiger partial charge in [-0.2, -0.15) is 0 Å². The first-order chi connectivity index (χ1) is 16.7. The number of carbonyl (C=O) groups excluding carboxylic acids is 1. The van der Waals surface area contributed by atoms with E-state index in [1.807, 2.05) is 19.1 Å². The number of aryl methyl sites for hydroxylation is 1. The first-order valence-corrected chi connectivity index (χ1v) is 12.7. The van der Waals surface area contributed by atoms with E-state index in [2.05, 4.69) is 15.1 Å². The molecule has 0 saturated carbocycles. The van der Waals surface area contributed by atoms with Gasteiger partial charge in [-0.25, -0.2) is 8.42 Å². The number of ether oxygens (including phenoxy) is 1. The molecule has 1 aliphatic rings. The van der Waals surface area contributed by atoms with Crippen LogP contribution in [0.2, 0.25) is 0 Å². The maximum atomic E-state index is 13.1. The van der Waals surface area contributed by atoms with Crippen LogP contribution in [-0.2, 0) is 14.6 Å². The number of hydrogen-bond donors (Lipinski definition) is 3. The van der Waals surface area contributed by atoms with Gasteiger partial charge in [0.05, 0.1) is 24.5 Å². The molecule has 1 amide bonds. The Kier molecular flexibility index (Phi) is 7.05. The summed E-state index contributed by atoms with van der Waals surface area (Å²) < 4.78 is 32.8. The second-order valence-electron chi connectivity index (χ2n) is 8.35. The minimum atomic E-state index is -3.90. The number of morpholine rings is 1. The maximum absolute atomic E-state index is 13.1. The monoisotopic (exact) mass is 501 g/mol. The van der Waals surface area contributed by atoms with Crippen LogP contribution in [0.1, 0.15) is 22.6 Å². The predicted molar refractivity (Wildman–Crippen MR) is 127 cm³/mol. The largest absolute Gasteiger partial charge is 0.507 e. The fourth-order valence-corrected chi connectivity index (χ4v) is 5.36. The van der Waals surface area contributed by atoms with E-state index in [9.17, 15) is 23.4 Å². The lowest BCUT2D eigenvalue weighted by molar-refractivity contribution is 0.0381. The van der Waals surface area contributed by atoms with E-state index >= 15 is 0 Å². The summed E-state index contributed by atoms with van der Waals surface area (Å²) in [6, 6.07) is 9.15. The quantitative estimate of drug-likeness (QED) is 0.412. The first-order valence-electron chi connectivity index (χ1n) is 11.1. The molecule has 1 aromatic heterocycles. The van der Waals surface area contributed by atoms with Crippen molar-refractivity contribution in [3.8, 4) is 28.6 Å². The molecule has 35 heavy (non-hydrogen) atoms. The van der Waals surface area contributed by atoms with Crippen molar-refractivity contribution in [2.75, 3.05) is 38.6 Å². The Morgan fingerprint density at radius 3 is 2.43 bits per heavy atom. The standard InChI is InChI=1S/C23H27N5O6S/c1-15-3-5-16(6-4-15)28-22(25-26-23(28)21(24)31)17-13-20(19(30)14-18(17)29)35(32,33)12-2-7-27-8-10-34-11-9-27/h3-6,13-14,29-30H,2,7-12H2,1H3,(H2,24,31). The van der Waals surface area contributed by atoms with Crippen LogP contribution in [0.4, 0.5) is 0 Å². The lowest BCUT2D eigenvalue weighted by Gasteiger charge is -2.26. The molecule has 0 atom stereocenters. The van der Waals surface area contributed by atoms with Crippen LogP contribution < -0.4 is 5.73 Å². The number of phenolic OH excluding ortho intramolecular Hbond substituents is 2. The number of sulfone groups is 1. The second-order valence-corrected chi connectivity index (χ2v) is 10.4. The van der Waals surface area contributed by atoms with Crippen LogP contribution >= 0.6 is 0 Å². The predicted octanol–water partition coefficient (Wildman–Crippen LogP) is 1.25. The van der Waals surface area contributed by atoms with Crippen LogP contribution in [0.3, 0.4) is 0 Å². The molecule has 0 radical (unpaired) electrons. The highest BCUT2D eigenvalue weighted by Gasteiger charge is 2.26. The highest BCUT2D eigenvalue weighted by atomic mass is 32.2. The van der Waals surface area contributed by atoms with E-state index in [4.69, 9.17) is 10.5 Å². The second kappa shape index (κ2) is 10.0. The van der Waals surface area contributed by atoms with Gasteiger partial charge in [0.1, 0.15) is 16.4 Å². The molecule has 186 valence electrons. The number of phenols is 2. The number of amides is 1. The number of carbonyl (C=O) groups is 1. The third-order valence-electron chi connectivity index (χ3n) is 5.82. The van der Waals surface area contributed by atoms with Gasteiger partial charge in [0.25, 0.3) is 5.91 Å². The Morgan fingerprint density at radius 2 is 1.77 bits per heavy atom. The average molecular weight is 502 g/mol. The summed E-state index contributed by atoms with van der Waals surface area (Å²) in [6.07, 6.45) is 0.364. The summed E-state index contributed by atoms with van der Waals surface area (Å²) >= 11 is 0. The molecule has 1 fully saturated rings. The number of aromatic nitrogens is 3. The van der Waals surface area contributed by atoms with E-state index in [0.29, 0.717) is 31.9 Å². The molecule has 2 aromatic carbocycles. The van der Waals surface area contributed by atoms with Crippen LogP contribution in [0.5, 0.6) is 11.5 Å². The minimum absolute atomic E-state index is 0.00456. The lowest BCUT2D eigenvalue weighted by Crippen LogP contribution is -2.37. The molecule has 0 bridgehead atoms. The molecule has 12 heteroatoms. The Balaban J connectivity index is 1.70. The maximum Gasteiger partial charge on any atom is 0.287 e. The minimum Gasteiger partial charge on any atom is -0.507 e. The fraction of sp³-hybridized carbons (Fsp3) is 0.348. The van der Waals surface area contributed by atoms with Gasteiger partial charge in [-0.15, -0.1) is 10.2 Å². The van der Waals surface area contributed by atoms with E-state index in [1.165, 1.54) is 4.57 Å². The molecule has 4 rings (SSSR count). The van der Waals surface area contributed by atoms with Gasteiger partial charge in [0.2, 0.25) is 5.82 Å². The summed E-state index contributed by atoms with van der Waals surface area (Å²) in [5, 5.41) is 28.8. The number of rotatable bonds is 8. The number of hydrogen-bond acceptors (Lipinski definition) is 9. The van der Waals surface area contributed by atoms with Crippen molar-refractivity contribution in [3.05, 3.63) is 47.8 Å². The molecule has 0 unspecified atom stereocenters. The van der Waals surface area contributed by atoms with Crippen molar-refractivity contribution < 1.29 is 28.2 Å². The third kappa shape index (κ3) is 5.29. The zero-order chi connectivity index (χ0) is 25.2. The Labute approximate surface area is 202 Å². The van der Waals surface area contributed by atoms with Crippen LogP contribution in [0, 0.1) is 6.92 Å². The van der Waals surface area contributed by atoms with E-state index in [1.54, 1.807) is 12.1 Å². The SMILES string of the molecule is Cc1ccc(-n2c(C(N)=O)nnc2-c2cc(S(=O)(=O)CCCN3CCOCC3)c(O)cc2O)cc1. The fourth-order valence-electron chi connectivity index (χ4n) is 3.96. The average Bonchev–Trinajstić information content (AvgIpc) is 3.25. The molecule has 0 aliphatic carbocycles. The molecule has 11 nitrogen and oxygen atoms in total. The molecule has 4 N–H and O–H groups in total. The van der Waals surface area contributed by atoms with E-state index < -0.39 is 27.2 Å². The van der Waals surface area contributed by atoms with Crippen molar-refractivity contribution in [3.63, 3.8) is 0 Å². The topological polar surface area (TPSA) is 161 Å². The summed E-state index contributed by atoms with van der Waals surface area (Å²) in [5.74, 6) is -2.23. The summed E-state index contributed by atoms with van der Waals surface area (Å²) in [5.41, 5.74) is 6.93. The third-order valence-corrected chi connectivity index (χ3v) is 7.64. The van der Waals surface area contributed by atoms with Gasteiger partial charge in [-0.3, -0.25) is 14.3 Å². The van der Waals surface area contributed by atoms with Gasteiger partial charge in [0.15, 0.2) is 15.7 Å². The number of benzene rings is 2. The van der Waals surface area contributed by atoms with Crippen molar-refractivity contribution in [2.24, 2.45) is 5.73 Å². The number of nitrogens with zero attached hydrogens (tertiary/aromatic N) is 4. The van der Waals surface area contributed by atoms with Gasteiger partial charge in [-0.1, -0.05) is 17.7 Å². The lowest BCUT2D eigenvalue weighted by atomic mass is 10.1. The molecule has 0 spiro atoms.